The highest BCUT2D eigenvalue weighted by atomic mass is 79.9. The lowest BCUT2D eigenvalue weighted by Gasteiger charge is -2.04. The second-order valence-corrected chi connectivity index (χ2v) is 4.14. The van der Waals surface area contributed by atoms with Crippen molar-refractivity contribution < 1.29 is 4.74 Å². The Hall–Kier alpha value is 0.180. The molecule has 0 unspecified atom stereocenters. The summed E-state index contributed by atoms with van der Waals surface area (Å²) >= 11 is 3.56. The van der Waals surface area contributed by atoms with E-state index in [1.165, 1.54) is 12.8 Å². The van der Waals surface area contributed by atoms with E-state index in [0.29, 0.717) is 10.9 Å². The highest BCUT2D eigenvalue weighted by Gasteiger charge is 2.39. The van der Waals surface area contributed by atoms with Gasteiger partial charge < -0.3 is 4.74 Å². The molecule has 0 aromatic rings. The van der Waals surface area contributed by atoms with Gasteiger partial charge in [-0.3, -0.25) is 0 Å². The molecule has 9 heavy (non-hydrogen) atoms. The quantitative estimate of drug-likeness (QED) is 0.375. The summed E-state index contributed by atoms with van der Waals surface area (Å²) in [5, 5.41) is 0. The first-order chi connectivity index (χ1) is 4.27. The van der Waals surface area contributed by atoms with Crippen LogP contribution in [0.25, 0.3) is 0 Å². The Kier molecular flexibility index (Phi) is 2.30. The molecule has 0 aliphatic heterocycles. The van der Waals surface area contributed by atoms with E-state index in [2.05, 4.69) is 22.5 Å². The zero-order valence-corrected chi connectivity index (χ0v) is 6.99. The van der Waals surface area contributed by atoms with Crippen LogP contribution in [0.15, 0.2) is 12.7 Å². The summed E-state index contributed by atoms with van der Waals surface area (Å²) in [7, 11) is 0. The molecule has 0 spiro atoms. The van der Waals surface area contributed by atoms with Crippen LogP contribution in [0.1, 0.15) is 12.8 Å². The highest BCUT2D eigenvalue weighted by molar-refractivity contribution is 9.10. The third kappa shape index (κ3) is 2.50. The fraction of sp³-hybridized carbons (Fsp3) is 0.714. The van der Waals surface area contributed by atoms with Gasteiger partial charge in [0.25, 0.3) is 0 Å². The summed E-state index contributed by atoms with van der Waals surface area (Å²) in [6.45, 7) is 5.07. The fourth-order valence-electron chi connectivity index (χ4n) is 0.605. The van der Waals surface area contributed by atoms with Crippen LogP contribution < -0.4 is 0 Å². The van der Waals surface area contributed by atoms with Crippen molar-refractivity contribution in [2.75, 3.05) is 13.2 Å². The van der Waals surface area contributed by atoms with Crippen LogP contribution in [0.5, 0.6) is 0 Å². The number of halogens is 1. The van der Waals surface area contributed by atoms with Crippen LogP contribution in [-0.2, 0) is 4.74 Å². The summed E-state index contributed by atoms with van der Waals surface area (Å²) < 4.78 is 5.59. The molecular weight excluding hydrogens is 180 g/mol. The Morgan fingerprint density at radius 2 is 2.33 bits per heavy atom. The smallest absolute Gasteiger partial charge is 0.0645 e. The van der Waals surface area contributed by atoms with Crippen LogP contribution in [0.3, 0.4) is 0 Å². The van der Waals surface area contributed by atoms with E-state index in [1.807, 2.05) is 0 Å². The molecule has 1 saturated carbocycles. The second kappa shape index (κ2) is 2.84. The molecule has 0 atom stereocenters. The van der Waals surface area contributed by atoms with Gasteiger partial charge in [-0.15, -0.1) is 6.58 Å². The van der Waals surface area contributed by atoms with Crippen molar-refractivity contribution in [2.24, 2.45) is 0 Å². The molecule has 52 valence electrons. The molecule has 0 aromatic carbocycles. The Labute approximate surface area is 64.2 Å². The van der Waals surface area contributed by atoms with Gasteiger partial charge in [-0.2, -0.15) is 0 Å². The van der Waals surface area contributed by atoms with E-state index in [4.69, 9.17) is 4.74 Å². The number of hydrogen-bond donors (Lipinski definition) is 0. The normalized spacial score (nSPS) is 21.4. The largest absolute Gasteiger partial charge is 0.376 e. The minimum Gasteiger partial charge on any atom is -0.376 e. The molecule has 0 radical (unpaired) electrons. The molecule has 1 aliphatic rings. The highest BCUT2D eigenvalue weighted by Crippen LogP contribution is 2.44. The molecule has 0 amide bonds. The molecule has 0 bridgehead atoms. The van der Waals surface area contributed by atoms with Gasteiger partial charge in [0, 0.05) is 4.32 Å². The summed E-state index contributed by atoms with van der Waals surface area (Å²) in [6, 6.07) is 0. The first kappa shape index (κ1) is 7.29. The van der Waals surface area contributed by atoms with Gasteiger partial charge in [-0.05, 0) is 12.8 Å². The van der Waals surface area contributed by atoms with E-state index in [9.17, 15) is 0 Å². The predicted octanol–water partition coefficient (Wildman–Crippen LogP) is 2.12. The molecule has 1 aliphatic carbocycles. The van der Waals surface area contributed by atoms with Gasteiger partial charge in [0.2, 0.25) is 0 Å². The van der Waals surface area contributed by atoms with Crippen molar-refractivity contribution in [2.45, 2.75) is 17.2 Å². The number of rotatable bonds is 4. The van der Waals surface area contributed by atoms with E-state index in [-0.39, 0.29) is 0 Å². The van der Waals surface area contributed by atoms with Crippen LogP contribution in [-0.4, -0.2) is 17.5 Å². The lowest BCUT2D eigenvalue weighted by Crippen LogP contribution is -2.08. The fourth-order valence-corrected chi connectivity index (χ4v) is 0.965. The number of alkyl halides is 1. The zero-order chi connectivity index (χ0) is 6.74. The maximum absolute atomic E-state index is 5.24. The Balaban J connectivity index is 1.98. The average molecular weight is 191 g/mol. The standard InChI is InChI=1S/C7H11BrO/c1-2-5-9-6-7(8)3-4-7/h2H,1,3-6H2. The Morgan fingerprint density at radius 1 is 1.67 bits per heavy atom. The summed E-state index contributed by atoms with van der Waals surface area (Å²) in [5.74, 6) is 0. The Bertz CT molecular complexity index is 107. The maximum atomic E-state index is 5.24. The lowest BCUT2D eigenvalue weighted by molar-refractivity contribution is 0.161. The molecule has 0 heterocycles. The SMILES string of the molecule is C=CCOCC1(Br)CC1. The van der Waals surface area contributed by atoms with Gasteiger partial charge in [-0.25, -0.2) is 0 Å². The second-order valence-electron chi connectivity index (χ2n) is 2.45. The van der Waals surface area contributed by atoms with Crippen LogP contribution in [0.4, 0.5) is 0 Å². The van der Waals surface area contributed by atoms with Crippen molar-refractivity contribution >= 4 is 15.9 Å². The molecule has 0 N–H and O–H groups in total. The minimum atomic E-state index is 0.343. The van der Waals surface area contributed by atoms with Crippen LogP contribution in [0.2, 0.25) is 0 Å². The molecule has 2 heteroatoms. The van der Waals surface area contributed by atoms with E-state index >= 15 is 0 Å². The van der Waals surface area contributed by atoms with E-state index in [0.717, 1.165) is 6.61 Å². The third-order valence-corrected chi connectivity index (χ3v) is 2.41. The van der Waals surface area contributed by atoms with E-state index < -0.39 is 0 Å². The minimum absolute atomic E-state index is 0.343. The Morgan fingerprint density at radius 3 is 2.78 bits per heavy atom. The average Bonchev–Trinajstić information content (AvgIpc) is 2.50. The third-order valence-electron chi connectivity index (χ3n) is 1.39. The van der Waals surface area contributed by atoms with Crippen LogP contribution in [0, 0.1) is 0 Å². The van der Waals surface area contributed by atoms with Crippen molar-refractivity contribution in [3.63, 3.8) is 0 Å². The van der Waals surface area contributed by atoms with Gasteiger partial charge in [-0.1, -0.05) is 22.0 Å². The number of ether oxygens (including phenoxy) is 1. The van der Waals surface area contributed by atoms with Crippen molar-refractivity contribution in [1.82, 2.24) is 0 Å². The maximum Gasteiger partial charge on any atom is 0.0645 e. The zero-order valence-electron chi connectivity index (χ0n) is 5.40. The molecule has 0 aromatic heterocycles. The topological polar surface area (TPSA) is 9.23 Å². The molecule has 1 rings (SSSR count). The predicted molar refractivity (Wildman–Crippen MR) is 41.9 cm³/mol. The first-order valence-electron chi connectivity index (χ1n) is 3.14. The van der Waals surface area contributed by atoms with E-state index in [1.54, 1.807) is 6.08 Å². The molecule has 1 nitrogen and oxygen atoms in total. The van der Waals surface area contributed by atoms with Gasteiger partial charge in [0.05, 0.1) is 13.2 Å². The van der Waals surface area contributed by atoms with Crippen LogP contribution >= 0.6 is 15.9 Å². The summed E-state index contributed by atoms with van der Waals surface area (Å²) in [6.07, 6.45) is 4.28. The molecule has 1 fully saturated rings. The van der Waals surface area contributed by atoms with Gasteiger partial charge >= 0.3 is 0 Å². The molecule has 0 saturated heterocycles. The lowest BCUT2D eigenvalue weighted by atomic mass is 10.5. The van der Waals surface area contributed by atoms with Gasteiger partial charge in [0.1, 0.15) is 0 Å². The monoisotopic (exact) mass is 190 g/mol. The molecular formula is C7H11BrO. The number of hydrogen-bond acceptors (Lipinski definition) is 1. The van der Waals surface area contributed by atoms with Crippen molar-refractivity contribution in [1.29, 1.82) is 0 Å². The van der Waals surface area contributed by atoms with Gasteiger partial charge in [0.15, 0.2) is 0 Å². The first-order valence-corrected chi connectivity index (χ1v) is 3.94. The summed E-state index contributed by atoms with van der Waals surface area (Å²) in [4.78, 5) is 0. The van der Waals surface area contributed by atoms with Crippen molar-refractivity contribution in [3.05, 3.63) is 12.7 Å². The van der Waals surface area contributed by atoms with Crippen molar-refractivity contribution in [3.8, 4) is 0 Å². The summed E-state index contributed by atoms with van der Waals surface area (Å²) in [5.41, 5.74) is 0.